The zero-order valence-corrected chi connectivity index (χ0v) is 36.0. The molecular formula is C45H40N8O2Zn. The van der Waals surface area contributed by atoms with E-state index in [0.717, 1.165) is 49.4 Å². The van der Waals surface area contributed by atoms with Crippen molar-refractivity contribution in [3.63, 3.8) is 0 Å². The summed E-state index contributed by atoms with van der Waals surface area (Å²) in [6, 6.07) is 23.5. The molecule has 3 aromatic heterocycles. The van der Waals surface area contributed by atoms with Crippen LogP contribution in [0.1, 0.15) is 89.4 Å². The van der Waals surface area contributed by atoms with Gasteiger partial charge in [-0.3, -0.25) is 0 Å². The number of aromatic carboxylic acids is 1. The molecule has 2 aliphatic rings. The van der Waals surface area contributed by atoms with Crippen molar-refractivity contribution < 1.29 is 29.4 Å². The second-order valence-electron chi connectivity index (χ2n) is 17.5. The van der Waals surface area contributed by atoms with Crippen molar-refractivity contribution in [2.24, 2.45) is 0 Å². The van der Waals surface area contributed by atoms with Gasteiger partial charge in [0.2, 0.25) is 0 Å². The van der Waals surface area contributed by atoms with E-state index in [1.807, 2.05) is 24.3 Å². The van der Waals surface area contributed by atoms with Gasteiger partial charge in [0.05, 0.1) is 28.9 Å². The van der Waals surface area contributed by atoms with E-state index in [2.05, 4.69) is 92.6 Å². The van der Waals surface area contributed by atoms with Crippen molar-refractivity contribution >= 4 is 50.1 Å². The molecule has 0 amide bonds. The standard InChI is InChI=1S/C45H41N8O2.Zn/c1-43(2,3)23-17-19-25-29(21-23)39-48-35(25)46-34-24-18-16-22(42(54)55)20-28(24)38(47-34)49-36-26-12-10-14-30(44(4,5)6)32(26)40(51-36)53-41-33-27(37(50-39)52-41)13-11-15-31(33)45(7,8)9;/h10-21H,1-9H3,(H2-,46,47,48,49,50,51,52,53,54,55);/q-1;+2/p-1. The molecule has 8 bridgehead atoms. The van der Waals surface area contributed by atoms with E-state index in [0.29, 0.717) is 57.0 Å². The Labute approximate surface area is 337 Å². The van der Waals surface area contributed by atoms with Crippen molar-refractivity contribution in [3.8, 4) is 45.6 Å². The van der Waals surface area contributed by atoms with Crippen LogP contribution in [0.4, 0.5) is 0 Å². The predicted octanol–water partition coefficient (Wildman–Crippen LogP) is 9.72. The van der Waals surface area contributed by atoms with E-state index in [9.17, 15) is 9.90 Å². The van der Waals surface area contributed by atoms with Gasteiger partial charge < -0.3 is 35.0 Å². The summed E-state index contributed by atoms with van der Waals surface area (Å²) in [6.45, 7) is 19.6. The molecule has 0 saturated heterocycles. The SMILES string of the molecule is CC(C)(C)c1ccc2c3nc4nc(nc5[n-]c(nc6nc(nc([n-]3)c2c1)-c1cccc(C(C)(C)C)c1-6)c1c(C(C)(C)C)cccc51)-c1cc(C(=O)O)ccc1-4.[Zn+2]. The number of carboxylic acid groups (broad SMARTS) is 1. The van der Waals surface area contributed by atoms with Gasteiger partial charge in [0.1, 0.15) is 0 Å². The number of aromatic nitrogens is 8. The monoisotopic (exact) mass is 788 g/mol. The summed E-state index contributed by atoms with van der Waals surface area (Å²) in [7, 11) is 0. The zero-order chi connectivity index (χ0) is 38.8. The fraction of sp³-hybridized carbons (Fsp3) is 0.267. The predicted molar refractivity (Wildman–Crippen MR) is 217 cm³/mol. The first-order valence-electron chi connectivity index (χ1n) is 18.5. The first kappa shape index (κ1) is 37.3. The van der Waals surface area contributed by atoms with Crippen LogP contribution < -0.4 is 9.97 Å². The third kappa shape index (κ3) is 6.00. The van der Waals surface area contributed by atoms with Gasteiger partial charge in [-0.25, -0.2) is 14.8 Å². The quantitative estimate of drug-likeness (QED) is 0.160. The molecule has 274 valence electrons. The van der Waals surface area contributed by atoms with Crippen LogP contribution >= 0.6 is 0 Å². The number of benzene rings is 4. The second kappa shape index (κ2) is 12.7. The first-order valence-corrected chi connectivity index (χ1v) is 18.5. The van der Waals surface area contributed by atoms with E-state index in [1.54, 1.807) is 18.2 Å². The van der Waals surface area contributed by atoms with Crippen LogP contribution in [0.15, 0.2) is 72.8 Å². The minimum atomic E-state index is -1.05. The third-order valence-corrected chi connectivity index (χ3v) is 10.5. The molecule has 9 rings (SSSR count). The number of hydrogen-bond donors (Lipinski definition) is 1. The number of nitrogens with zero attached hydrogens (tertiary/aromatic N) is 8. The molecule has 4 aromatic carbocycles. The topological polar surface area (TPSA) is 143 Å². The average Bonchev–Trinajstić information content (AvgIpc) is 3.85. The number of fused-ring (bicyclic) bond motifs is 20. The third-order valence-electron chi connectivity index (χ3n) is 10.5. The molecule has 1 N–H and O–H groups in total. The van der Waals surface area contributed by atoms with Gasteiger partial charge in [-0.15, -0.1) is 0 Å². The van der Waals surface area contributed by atoms with Crippen LogP contribution in [-0.2, 0) is 35.7 Å². The van der Waals surface area contributed by atoms with Gasteiger partial charge >= 0.3 is 25.4 Å². The van der Waals surface area contributed by atoms with Crippen LogP contribution in [0.2, 0.25) is 0 Å². The fourth-order valence-electron chi connectivity index (χ4n) is 7.61. The van der Waals surface area contributed by atoms with Crippen LogP contribution in [0.3, 0.4) is 0 Å². The smallest absolute Gasteiger partial charge is 0.478 e. The zero-order valence-electron chi connectivity index (χ0n) is 33.1. The summed E-state index contributed by atoms with van der Waals surface area (Å²) < 4.78 is 0. The number of rotatable bonds is 1. The Morgan fingerprint density at radius 3 is 1.77 bits per heavy atom. The Morgan fingerprint density at radius 2 is 1.09 bits per heavy atom. The summed E-state index contributed by atoms with van der Waals surface area (Å²) in [5.74, 6) is 0.653. The maximum atomic E-state index is 12.2. The Kier molecular flexibility index (Phi) is 8.44. The minimum Gasteiger partial charge on any atom is -0.478 e. The average molecular weight is 790 g/mol. The normalized spacial score (nSPS) is 12.7. The van der Waals surface area contributed by atoms with E-state index in [4.69, 9.17) is 39.9 Å². The Balaban J connectivity index is 0.00000441. The molecule has 0 fully saturated rings. The number of carboxylic acids is 1. The van der Waals surface area contributed by atoms with Gasteiger partial charge in [0.25, 0.3) is 0 Å². The van der Waals surface area contributed by atoms with E-state index in [1.165, 1.54) is 0 Å². The largest absolute Gasteiger partial charge is 2.00 e. The molecule has 11 heteroatoms. The van der Waals surface area contributed by atoms with E-state index in [-0.39, 0.29) is 41.3 Å². The molecule has 7 aromatic rings. The maximum Gasteiger partial charge on any atom is 2.00 e. The number of hydrogen-bond acceptors (Lipinski definition) is 7. The van der Waals surface area contributed by atoms with Crippen LogP contribution in [-0.4, -0.2) is 41.0 Å². The molecule has 0 saturated carbocycles. The maximum absolute atomic E-state index is 12.2. The molecule has 10 nitrogen and oxygen atoms in total. The van der Waals surface area contributed by atoms with Gasteiger partial charge in [-0.2, -0.15) is 0 Å². The summed E-state index contributed by atoms with van der Waals surface area (Å²) >= 11 is 0. The molecule has 5 heterocycles. The van der Waals surface area contributed by atoms with Crippen LogP contribution in [0, 0.1) is 0 Å². The van der Waals surface area contributed by atoms with Crippen molar-refractivity contribution in [3.05, 3.63) is 95.1 Å². The van der Waals surface area contributed by atoms with Crippen molar-refractivity contribution in [2.45, 2.75) is 78.6 Å². The minimum absolute atomic E-state index is 0. The van der Waals surface area contributed by atoms with Gasteiger partial charge in [0.15, 0.2) is 0 Å². The van der Waals surface area contributed by atoms with Gasteiger partial charge in [0, 0.05) is 44.8 Å². The molecular weight excluding hydrogens is 750 g/mol. The van der Waals surface area contributed by atoms with E-state index >= 15 is 0 Å². The Morgan fingerprint density at radius 1 is 0.518 bits per heavy atom. The molecule has 0 atom stereocenters. The number of carbonyl (C=O) groups is 1. The summed E-state index contributed by atoms with van der Waals surface area (Å²) in [5.41, 5.74) is 7.60. The molecule has 2 aliphatic heterocycles. The van der Waals surface area contributed by atoms with Crippen LogP contribution in [0.5, 0.6) is 0 Å². The van der Waals surface area contributed by atoms with Crippen LogP contribution in [0.25, 0.3) is 89.7 Å². The first-order chi connectivity index (χ1) is 26.0. The van der Waals surface area contributed by atoms with Gasteiger partial charge in [-0.05, 0) is 72.7 Å². The summed E-state index contributed by atoms with van der Waals surface area (Å²) in [5, 5.41) is 13.3. The van der Waals surface area contributed by atoms with Crippen molar-refractivity contribution in [1.29, 1.82) is 0 Å². The molecule has 56 heavy (non-hydrogen) atoms. The summed E-state index contributed by atoms with van der Waals surface area (Å²) in [4.78, 5) is 53.1. The second-order valence-corrected chi connectivity index (χ2v) is 17.5. The van der Waals surface area contributed by atoms with Crippen molar-refractivity contribution in [2.75, 3.05) is 0 Å². The Bertz CT molecular complexity index is 2980. The van der Waals surface area contributed by atoms with Gasteiger partial charge in [-0.1, -0.05) is 117 Å². The molecule has 0 spiro atoms. The Hall–Kier alpha value is -5.67. The fourth-order valence-corrected chi connectivity index (χ4v) is 7.61. The van der Waals surface area contributed by atoms with Crippen molar-refractivity contribution in [1.82, 2.24) is 39.9 Å². The summed E-state index contributed by atoms with van der Waals surface area (Å²) in [6.07, 6.45) is 0. The van der Waals surface area contributed by atoms with E-state index < -0.39 is 5.97 Å². The molecule has 0 radical (unpaired) electrons. The molecule has 0 aliphatic carbocycles. The molecule has 0 unspecified atom stereocenters.